The molecule has 0 N–H and O–H groups in total. The maximum Gasteiger partial charge on any atom is 0.238 e. The van der Waals surface area contributed by atoms with Gasteiger partial charge in [0.15, 0.2) is 17.2 Å². The first-order chi connectivity index (χ1) is 33.9. The number of benzene rings is 8. The van der Waals surface area contributed by atoms with Gasteiger partial charge in [-0.05, 0) is 48.5 Å². The van der Waals surface area contributed by atoms with Crippen molar-refractivity contribution in [1.29, 1.82) is 0 Å². The van der Waals surface area contributed by atoms with Crippen LogP contribution in [-0.4, -0.2) is 29.1 Å². The van der Waals surface area contributed by atoms with E-state index in [4.69, 9.17) is 37.5 Å². The van der Waals surface area contributed by atoms with Crippen molar-refractivity contribution >= 4 is 76.6 Å². The Hall–Kier alpha value is -8.36. The number of nitrogens with zero attached hydrogens (tertiary/aromatic N) is 6. The summed E-state index contributed by atoms with van der Waals surface area (Å²) in [5, 5.41) is 5.36. The van der Waals surface area contributed by atoms with E-state index in [0.717, 1.165) is 60.2 Å². The number of aromatic nitrogens is 6. The molecule has 60 heavy (non-hydrogen) atoms. The summed E-state index contributed by atoms with van der Waals surface area (Å²) in [5.74, 6) is -0.424. The Morgan fingerprint density at radius 2 is 1.00 bits per heavy atom. The monoisotopic (exact) mass is 780 g/mol. The fourth-order valence-electron chi connectivity index (χ4n) is 8.42. The third-order valence-electron chi connectivity index (χ3n) is 11.0. The van der Waals surface area contributed by atoms with Crippen LogP contribution in [0.5, 0.6) is 0 Å². The lowest BCUT2D eigenvalue weighted by molar-refractivity contribution is 0.619. The highest BCUT2D eigenvalue weighted by Crippen LogP contribution is 2.42. The van der Waals surface area contributed by atoms with Crippen molar-refractivity contribution in [3.05, 3.63) is 182 Å². The Balaban J connectivity index is 1.10. The van der Waals surface area contributed by atoms with E-state index in [-0.39, 0.29) is 28.7 Å². The predicted molar refractivity (Wildman–Crippen MR) is 240 cm³/mol. The standard InChI is InChI=1S/C52H30N6O2/c1-3-13-31(14-4-1)49-54-50(32-15-5-2-6-16-32)56-52(55-49)58-43-21-11-8-18-36(43)40-27-26-39-35-17-7-10-20-42(35)57(47(39)48(40)58)34-24-28-41-46(30-34)60-51(53-41)33-23-25-38-37-19-9-12-22-44(37)59-45(38)29-33/h1-30H/i1D,2D,3D,4D,5D,6D,13D,14D,15D,16D. The van der Waals surface area contributed by atoms with E-state index in [2.05, 4.69) is 15.6 Å². The summed E-state index contributed by atoms with van der Waals surface area (Å²) in [5.41, 5.74) is 6.21. The molecule has 0 spiro atoms. The second-order valence-corrected chi connectivity index (χ2v) is 14.3. The Kier molecular flexibility index (Phi) is 5.12. The number of furan rings is 1. The Morgan fingerprint density at radius 3 is 1.70 bits per heavy atom. The SMILES string of the molecule is [2H]c1c([2H])c([2H])c(-c2nc(-c3c([2H])c([2H])c([2H])c([2H])c3[2H])nc(-n3c4ccccc4c4ccc5c6ccccc6n(-c6ccc7nc(-c8ccc9c(c8)oc8ccccc89)oc7c6)c5c43)n2)c([2H])c1[2H]. The smallest absolute Gasteiger partial charge is 0.238 e. The molecule has 5 aromatic heterocycles. The van der Waals surface area contributed by atoms with Gasteiger partial charge in [-0.1, -0.05) is 127 Å². The van der Waals surface area contributed by atoms with Crippen LogP contribution in [0.25, 0.3) is 123 Å². The zero-order valence-electron chi connectivity index (χ0n) is 41.0. The van der Waals surface area contributed by atoms with Crippen molar-refractivity contribution < 1.29 is 22.5 Å². The Morgan fingerprint density at radius 1 is 0.417 bits per heavy atom. The van der Waals surface area contributed by atoms with Crippen LogP contribution >= 0.6 is 0 Å². The quantitative estimate of drug-likeness (QED) is 0.173. The predicted octanol–water partition coefficient (Wildman–Crippen LogP) is 13.1. The van der Waals surface area contributed by atoms with Gasteiger partial charge in [-0.25, -0.2) is 9.97 Å². The average Bonchev–Trinajstić information content (AvgIpc) is 4.15. The van der Waals surface area contributed by atoms with Crippen molar-refractivity contribution in [2.45, 2.75) is 0 Å². The highest BCUT2D eigenvalue weighted by Gasteiger charge is 2.24. The van der Waals surface area contributed by atoms with Crippen LogP contribution in [-0.2, 0) is 0 Å². The van der Waals surface area contributed by atoms with Crippen LogP contribution in [0.2, 0.25) is 0 Å². The first-order valence-corrected chi connectivity index (χ1v) is 19.1. The molecule has 5 heterocycles. The van der Waals surface area contributed by atoms with Gasteiger partial charge in [0.1, 0.15) is 16.7 Å². The first-order valence-electron chi connectivity index (χ1n) is 24.1. The molecular weight excluding hydrogens is 741 g/mol. The molecule has 0 radical (unpaired) electrons. The molecule has 13 aromatic rings. The lowest BCUT2D eigenvalue weighted by Crippen LogP contribution is -2.07. The molecule has 0 unspecified atom stereocenters. The summed E-state index contributed by atoms with van der Waals surface area (Å²) in [7, 11) is 0. The molecule has 0 aliphatic rings. The minimum Gasteiger partial charge on any atom is -0.456 e. The van der Waals surface area contributed by atoms with Crippen LogP contribution in [0, 0.1) is 0 Å². The summed E-state index contributed by atoms with van der Waals surface area (Å²) in [6.45, 7) is 0. The van der Waals surface area contributed by atoms with Gasteiger partial charge in [0.05, 0.1) is 41.5 Å². The van der Waals surface area contributed by atoms with E-state index < -0.39 is 60.4 Å². The molecule has 13 rings (SSSR count). The molecule has 0 atom stereocenters. The van der Waals surface area contributed by atoms with Crippen LogP contribution < -0.4 is 0 Å². The van der Waals surface area contributed by atoms with E-state index >= 15 is 0 Å². The fraction of sp³-hybridized carbons (Fsp3) is 0. The summed E-state index contributed by atoms with van der Waals surface area (Å²) < 4.78 is 103. The van der Waals surface area contributed by atoms with Gasteiger partial charge in [-0.2, -0.15) is 9.97 Å². The maximum atomic E-state index is 8.93. The maximum absolute atomic E-state index is 8.93. The number of rotatable bonds is 5. The number of oxazole rings is 1. The van der Waals surface area contributed by atoms with Crippen molar-refractivity contribution in [2.75, 3.05) is 0 Å². The van der Waals surface area contributed by atoms with E-state index in [1.165, 1.54) is 0 Å². The minimum atomic E-state index is -0.631. The molecule has 8 heteroatoms. The molecule has 0 aliphatic heterocycles. The third kappa shape index (κ3) is 4.85. The van der Waals surface area contributed by atoms with Gasteiger partial charge in [-0.3, -0.25) is 4.57 Å². The van der Waals surface area contributed by atoms with Gasteiger partial charge in [-0.15, -0.1) is 0 Å². The first kappa shape index (κ1) is 24.4. The van der Waals surface area contributed by atoms with Gasteiger partial charge in [0.2, 0.25) is 11.8 Å². The van der Waals surface area contributed by atoms with Gasteiger partial charge < -0.3 is 13.4 Å². The number of fused-ring (bicyclic) bond motifs is 11. The van der Waals surface area contributed by atoms with Crippen LogP contribution in [0.15, 0.2) is 191 Å². The van der Waals surface area contributed by atoms with E-state index in [1.54, 1.807) is 4.57 Å². The summed E-state index contributed by atoms with van der Waals surface area (Å²) in [6.07, 6.45) is 0. The second-order valence-electron chi connectivity index (χ2n) is 14.3. The van der Waals surface area contributed by atoms with Gasteiger partial charge >= 0.3 is 0 Å². The lowest BCUT2D eigenvalue weighted by atomic mass is 10.1. The number of hydrogen-bond acceptors (Lipinski definition) is 6. The van der Waals surface area contributed by atoms with Crippen molar-refractivity contribution in [2.24, 2.45) is 0 Å². The van der Waals surface area contributed by atoms with Crippen molar-refractivity contribution in [3.8, 4) is 45.9 Å². The molecule has 8 nitrogen and oxygen atoms in total. The molecule has 0 fully saturated rings. The molecule has 0 amide bonds. The van der Waals surface area contributed by atoms with E-state index in [0.29, 0.717) is 33.6 Å². The molecule has 0 bridgehead atoms. The molecule has 8 aromatic carbocycles. The average molecular weight is 781 g/mol. The van der Waals surface area contributed by atoms with Gasteiger partial charge in [0, 0.05) is 55.1 Å². The highest BCUT2D eigenvalue weighted by atomic mass is 16.3. The van der Waals surface area contributed by atoms with E-state index in [1.807, 2.05) is 115 Å². The zero-order valence-corrected chi connectivity index (χ0v) is 31.0. The highest BCUT2D eigenvalue weighted by molar-refractivity contribution is 6.23. The van der Waals surface area contributed by atoms with Crippen molar-refractivity contribution in [3.63, 3.8) is 0 Å². The topological polar surface area (TPSA) is 87.7 Å². The van der Waals surface area contributed by atoms with Crippen LogP contribution in [0.3, 0.4) is 0 Å². The second kappa shape index (κ2) is 12.6. The molecule has 0 aliphatic carbocycles. The summed E-state index contributed by atoms with van der Waals surface area (Å²) in [6, 6.07) is 33.0. The molecule has 0 saturated heterocycles. The number of para-hydroxylation sites is 3. The van der Waals surface area contributed by atoms with Crippen molar-refractivity contribution in [1.82, 2.24) is 29.1 Å². The number of hydrogen-bond donors (Lipinski definition) is 0. The Bertz CT molecular complexity index is 4320. The Labute approximate surface area is 355 Å². The normalized spacial score (nSPS) is 14.3. The minimum absolute atomic E-state index is 0.106. The largest absolute Gasteiger partial charge is 0.456 e. The van der Waals surface area contributed by atoms with Gasteiger partial charge in [0.25, 0.3) is 0 Å². The zero-order chi connectivity index (χ0) is 48.0. The fourth-order valence-corrected chi connectivity index (χ4v) is 8.42. The molecular formula is C52H30N6O2. The summed E-state index contributed by atoms with van der Waals surface area (Å²) in [4.78, 5) is 19.2. The third-order valence-corrected chi connectivity index (χ3v) is 11.0. The lowest BCUT2D eigenvalue weighted by Gasteiger charge is -2.13. The van der Waals surface area contributed by atoms with Crippen LogP contribution in [0.1, 0.15) is 13.7 Å². The van der Waals surface area contributed by atoms with E-state index in [9.17, 15) is 0 Å². The molecule has 0 saturated carbocycles. The summed E-state index contributed by atoms with van der Waals surface area (Å²) >= 11 is 0. The van der Waals surface area contributed by atoms with Crippen LogP contribution in [0.4, 0.5) is 0 Å². The molecule has 280 valence electrons.